The van der Waals surface area contributed by atoms with Crippen molar-refractivity contribution >= 4 is 23.9 Å². The number of halogens is 1. The van der Waals surface area contributed by atoms with Gasteiger partial charge in [-0.3, -0.25) is 4.79 Å². The topological polar surface area (TPSA) is 91.0 Å². The van der Waals surface area contributed by atoms with Crippen molar-refractivity contribution in [3.63, 3.8) is 0 Å². The maximum absolute atomic E-state index is 13.0. The number of carbonyl (C=O) groups excluding carboxylic acids is 2. The number of nitrogens with two attached hydrogens (primary N) is 1. The summed E-state index contributed by atoms with van der Waals surface area (Å²) in [6, 6.07) is 12.2. The van der Waals surface area contributed by atoms with Crippen LogP contribution in [0.5, 0.6) is 5.75 Å². The van der Waals surface area contributed by atoms with E-state index in [4.69, 9.17) is 15.2 Å². The molecule has 7 heteroatoms. The van der Waals surface area contributed by atoms with Crippen LogP contribution in [-0.2, 0) is 14.3 Å². The number of nitrogens with zero attached hydrogens (tertiary/aromatic N) is 1. The zero-order valence-electron chi connectivity index (χ0n) is 12.9. The van der Waals surface area contributed by atoms with Crippen molar-refractivity contribution in [2.45, 2.75) is 0 Å². The third-order valence-electron chi connectivity index (χ3n) is 3.28. The fourth-order valence-electron chi connectivity index (χ4n) is 2.10. The fraction of sp³-hybridized carbons (Fsp3) is 0.0556. The molecular formula is C18H13FN2O4. The van der Waals surface area contributed by atoms with Gasteiger partial charge >= 0.3 is 5.97 Å². The fourth-order valence-corrected chi connectivity index (χ4v) is 2.10. The molecule has 2 N–H and O–H groups in total. The molecule has 0 atom stereocenters. The highest BCUT2D eigenvalue weighted by molar-refractivity contribution is 6.12. The van der Waals surface area contributed by atoms with Gasteiger partial charge in [0.1, 0.15) is 11.6 Å². The molecule has 0 aromatic heterocycles. The van der Waals surface area contributed by atoms with Gasteiger partial charge in [-0.15, -0.1) is 0 Å². The summed E-state index contributed by atoms with van der Waals surface area (Å²) in [5.41, 5.74) is 6.34. The molecule has 3 rings (SSSR count). The highest BCUT2D eigenvalue weighted by Crippen LogP contribution is 2.20. The van der Waals surface area contributed by atoms with E-state index in [9.17, 15) is 14.0 Å². The molecule has 0 unspecified atom stereocenters. The van der Waals surface area contributed by atoms with Crippen molar-refractivity contribution in [2.75, 3.05) is 6.61 Å². The molecular weight excluding hydrogens is 327 g/mol. The number of ether oxygens (including phenoxy) is 2. The molecule has 1 aliphatic heterocycles. The number of rotatable bonds is 5. The summed E-state index contributed by atoms with van der Waals surface area (Å²) in [7, 11) is 0. The first-order valence-electron chi connectivity index (χ1n) is 7.31. The molecule has 0 saturated carbocycles. The van der Waals surface area contributed by atoms with Crippen LogP contribution in [0.2, 0.25) is 0 Å². The molecule has 0 aliphatic carbocycles. The van der Waals surface area contributed by atoms with Gasteiger partial charge in [-0.1, -0.05) is 12.1 Å². The Bertz CT molecular complexity index is 871. The van der Waals surface area contributed by atoms with Gasteiger partial charge < -0.3 is 15.2 Å². The second-order valence-corrected chi connectivity index (χ2v) is 5.17. The van der Waals surface area contributed by atoms with Crippen LogP contribution in [0.15, 0.2) is 59.2 Å². The van der Waals surface area contributed by atoms with Gasteiger partial charge in [0.25, 0.3) is 5.91 Å². The Morgan fingerprint density at radius 3 is 2.48 bits per heavy atom. The predicted molar refractivity (Wildman–Crippen MR) is 88.1 cm³/mol. The van der Waals surface area contributed by atoms with E-state index < -0.39 is 11.9 Å². The van der Waals surface area contributed by atoms with Gasteiger partial charge in [0.2, 0.25) is 5.90 Å². The van der Waals surface area contributed by atoms with Crippen LogP contribution in [0.1, 0.15) is 11.1 Å². The lowest BCUT2D eigenvalue weighted by atomic mass is 10.2. The molecule has 1 heterocycles. The average molecular weight is 340 g/mol. The molecule has 0 fully saturated rings. The zero-order chi connectivity index (χ0) is 17.8. The van der Waals surface area contributed by atoms with Gasteiger partial charge in [0, 0.05) is 5.56 Å². The minimum atomic E-state index is -0.589. The minimum absolute atomic E-state index is 0.123. The molecule has 0 saturated heterocycles. The van der Waals surface area contributed by atoms with Crippen molar-refractivity contribution in [1.29, 1.82) is 0 Å². The van der Waals surface area contributed by atoms with Gasteiger partial charge in [0.15, 0.2) is 12.3 Å². The number of benzene rings is 2. The number of hydrogen-bond donors (Lipinski definition) is 1. The standard InChI is InChI=1S/C18H13FN2O4/c19-13-5-3-12(4-6-13)17-21-15(18(23)25-17)9-11-1-7-14(8-2-11)24-10-16(20)22/h1-9H,10H2,(H2,20,22)/b15-9+. The molecule has 0 bridgehead atoms. The second kappa shape index (κ2) is 6.96. The Hall–Kier alpha value is -3.48. The highest BCUT2D eigenvalue weighted by Gasteiger charge is 2.24. The maximum Gasteiger partial charge on any atom is 0.363 e. The summed E-state index contributed by atoms with van der Waals surface area (Å²) >= 11 is 0. The van der Waals surface area contributed by atoms with E-state index in [1.54, 1.807) is 30.3 Å². The smallest absolute Gasteiger partial charge is 0.363 e. The monoisotopic (exact) mass is 340 g/mol. The summed E-state index contributed by atoms with van der Waals surface area (Å²) in [4.78, 5) is 26.7. The molecule has 25 heavy (non-hydrogen) atoms. The SMILES string of the molecule is NC(=O)COc1ccc(/C=C2/N=C(c3ccc(F)cc3)OC2=O)cc1. The first kappa shape index (κ1) is 16.4. The Morgan fingerprint density at radius 2 is 1.84 bits per heavy atom. The van der Waals surface area contributed by atoms with E-state index in [0.717, 1.165) is 0 Å². The van der Waals surface area contributed by atoms with E-state index >= 15 is 0 Å². The van der Waals surface area contributed by atoms with E-state index in [-0.39, 0.29) is 24.0 Å². The highest BCUT2D eigenvalue weighted by atomic mass is 19.1. The van der Waals surface area contributed by atoms with Crippen molar-refractivity contribution < 1.29 is 23.5 Å². The van der Waals surface area contributed by atoms with Crippen molar-refractivity contribution in [3.05, 3.63) is 71.2 Å². The predicted octanol–water partition coefficient (Wildman–Crippen LogP) is 2.03. The lowest BCUT2D eigenvalue weighted by molar-refractivity contribution is -0.130. The van der Waals surface area contributed by atoms with Gasteiger partial charge in [-0.05, 0) is 48.0 Å². The molecule has 2 aromatic carbocycles. The molecule has 1 amide bonds. The number of esters is 1. The number of carbonyl (C=O) groups is 2. The molecule has 1 aliphatic rings. The Morgan fingerprint density at radius 1 is 1.16 bits per heavy atom. The summed E-state index contributed by atoms with van der Waals surface area (Å²) in [6.07, 6.45) is 1.55. The molecule has 0 spiro atoms. The molecule has 6 nitrogen and oxygen atoms in total. The van der Waals surface area contributed by atoms with E-state index in [2.05, 4.69) is 4.99 Å². The first-order chi connectivity index (χ1) is 12.0. The van der Waals surface area contributed by atoms with Gasteiger partial charge in [-0.2, -0.15) is 0 Å². The molecule has 126 valence electrons. The van der Waals surface area contributed by atoms with Crippen molar-refractivity contribution in [1.82, 2.24) is 0 Å². The number of primary amides is 1. The minimum Gasteiger partial charge on any atom is -0.484 e. The zero-order valence-corrected chi connectivity index (χ0v) is 12.9. The summed E-state index contributed by atoms with van der Waals surface area (Å²) in [5, 5.41) is 0. The van der Waals surface area contributed by atoms with E-state index in [1.807, 2.05) is 0 Å². The quantitative estimate of drug-likeness (QED) is 0.666. The van der Waals surface area contributed by atoms with Crippen molar-refractivity contribution in [2.24, 2.45) is 10.7 Å². The van der Waals surface area contributed by atoms with Gasteiger partial charge in [0.05, 0.1) is 0 Å². The van der Waals surface area contributed by atoms with Crippen LogP contribution < -0.4 is 10.5 Å². The average Bonchev–Trinajstić information content (AvgIpc) is 2.95. The Labute approximate surface area is 142 Å². The number of hydrogen-bond acceptors (Lipinski definition) is 5. The van der Waals surface area contributed by atoms with E-state index in [1.165, 1.54) is 24.3 Å². The number of aliphatic imine (C=N–C) groups is 1. The molecule has 0 radical (unpaired) electrons. The largest absolute Gasteiger partial charge is 0.484 e. The van der Waals surface area contributed by atoms with Crippen LogP contribution in [0, 0.1) is 5.82 Å². The van der Waals surface area contributed by atoms with Crippen LogP contribution >= 0.6 is 0 Å². The maximum atomic E-state index is 13.0. The summed E-state index contributed by atoms with van der Waals surface area (Å²) in [5.74, 6) is -0.942. The van der Waals surface area contributed by atoms with Gasteiger partial charge in [-0.25, -0.2) is 14.2 Å². The Kier molecular flexibility index (Phi) is 4.56. The number of amides is 1. The van der Waals surface area contributed by atoms with Crippen LogP contribution in [0.25, 0.3) is 6.08 Å². The number of cyclic esters (lactones) is 1. The van der Waals surface area contributed by atoms with Crippen LogP contribution in [-0.4, -0.2) is 24.4 Å². The lowest BCUT2D eigenvalue weighted by Crippen LogP contribution is -2.19. The second-order valence-electron chi connectivity index (χ2n) is 5.17. The van der Waals surface area contributed by atoms with E-state index in [0.29, 0.717) is 16.9 Å². The third-order valence-corrected chi connectivity index (χ3v) is 3.28. The Balaban J connectivity index is 1.77. The first-order valence-corrected chi connectivity index (χ1v) is 7.31. The normalized spacial score (nSPS) is 15.0. The molecule has 2 aromatic rings. The van der Waals surface area contributed by atoms with Crippen LogP contribution in [0.4, 0.5) is 4.39 Å². The van der Waals surface area contributed by atoms with Crippen molar-refractivity contribution in [3.8, 4) is 5.75 Å². The third kappa shape index (κ3) is 4.08. The summed E-state index contributed by atoms with van der Waals surface area (Å²) in [6.45, 7) is -0.210. The van der Waals surface area contributed by atoms with Crippen LogP contribution in [0.3, 0.4) is 0 Å². The summed E-state index contributed by atoms with van der Waals surface area (Å²) < 4.78 is 23.2. The lowest BCUT2D eigenvalue weighted by Gasteiger charge is -2.03.